The van der Waals surface area contributed by atoms with E-state index in [0.29, 0.717) is 14.5 Å². The zero-order valence-electron chi connectivity index (χ0n) is 9.60. The Kier molecular flexibility index (Phi) is 4.50. The van der Waals surface area contributed by atoms with Crippen LogP contribution in [0.3, 0.4) is 0 Å². The summed E-state index contributed by atoms with van der Waals surface area (Å²) >= 11 is 6.48. The van der Waals surface area contributed by atoms with Crippen molar-refractivity contribution in [3.63, 3.8) is 0 Å². The molecule has 2 aromatic carbocycles. The van der Waals surface area contributed by atoms with Crippen molar-refractivity contribution in [1.29, 1.82) is 0 Å². The molecule has 0 heterocycles. The molecule has 0 unspecified atom stereocenters. The van der Waals surface area contributed by atoms with E-state index in [9.17, 15) is 9.59 Å². The van der Waals surface area contributed by atoms with Crippen molar-refractivity contribution in [3.8, 4) is 5.75 Å². The fraction of sp³-hybridized carbons (Fsp3) is 0. The lowest BCUT2D eigenvalue weighted by atomic mass is 10.2. The summed E-state index contributed by atoms with van der Waals surface area (Å²) in [6.07, 6.45) is 0. The van der Waals surface area contributed by atoms with Gasteiger partial charge in [0.15, 0.2) is 5.75 Å². The molecule has 0 radical (unpaired) electrons. The molecule has 0 amide bonds. The molecule has 2 aromatic rings. The highest BCUT2D eigenvalue weighted by Crippen LogP contribution is 2.23. The summed E-state index contributed by atoms with van der Waals surface area (Å²) in [5.41, 5.74) is 0.0150. The Morgan fingerprint density at radius 2 is 1.68 bits per heavy atom. The number of benzene rings is 1. The maximum atomic E-state index is 11.9. The molecule has 0 saturated heterocycles. The topological polar surface area (TPSA) is 43.4 Å². The summed E-state index contributed by atoms with van der Waals surface area (Å²) in [5, 5.41) is 0. The standard InChI is InChI=1S/C14H8Br2O3/c15-10-6-7-12(17)13(11(16)8-10)19-14(18)9-4-2-1-3-5-9/h1-8H. The van der Waals surface area contributed by atoms with Crippen LogP contribution in [-0.4, -0.2) is 5.97 Å². The van der Waals surface area contributed by atoms with Gasteiger partial charge in [0.25, 0.3) is 0 Å². The molecule has 0 aliphatic rings. The summed E-state index contributed by atoms with van der Waals surface area (Å²) in [6.45, 7) is 0. The first kappa shape index (κ1) is 14.0. The molecule has 19 heavy (non-hydrogen) atoms. The van der Waals surface area contributed by atoms with Gasteiger partial charge < -0.3 is 4.74 Å². The quantitative estimate of drug-likeness (QED) is 0.741. The molecule has 0 saturated carbocycles. The smallest absolute Gasteiger partial charge is 0.343 e. The first-order chi connectivity index (χ1) is 9.08. The van der Waals surface area contributed by atoms with Crippen LogP contribution < -0.4 is 10.2 Å². The highest BCUT2D eigenvalue weighted by molar-refractivity contribution is 9.11. The Morgan fingerprint density at radius 3 is 2.37 bits per heavy atom. The minimum absolute atomic E-state index is 0.0282. The largest absolute Gasteiger partial charge is 0.418 e. The van der Waals surface area contributed by atoms with E-state index in [0.717, 1.165) is 0 Å². The van der Waals surface area contributed by atoms with Gasteiger partial charge in [-0.1, -0.05) is 34.1 Å². The van der Waals surface area contributed by atoms with Crippen molar-refractivity contribution in [2.45, 2.75) is 0 Å². The molecule has 0 aromatic heterocycles. The molecule has 0 N–H and O–H groups in total. The van der Waals surface area contributed by atoms with Crippen molar-refractivity contribution in [2.75, 3.05) is 0 Å². The molecule has 0 spiro atoms. The fourth-order valence-corrected chi connectivity index (χ4v) is 2.60. The van der Waals surface area contributed by atoms with E-state index in [1.54, 1.807) is 42.5 Å². The van der Waals surface area contributed by atoms with E-state index in [1.165, 1.54) is 6.07 Å². The summed E-state index contributed by atoms with van der Waals surface area (Å²) in [4.78, 5) is 23.7. The average Bonchev–Trinajstić information content (AvgIpc) is 2.53. The number of ether oxygens (including phenoxy) is 1. The number of carbonyl (C=O) groups excluding carboxylic acids is 1. The van der Waals surface area contributed by atoms with Gasteiger partial charge in [-0.2, -0.15) is 0 Å². The lowest BCUT2D eigenvalue weighted by molar-refractivity contribution is 0.0732. The summed E-state index contributed by atoms with van der Waals surface area (Å²) in [6, 6.07) is 13.1. The molecule has 0 atom stereocenters. The molecule has 2 rings (SSSR count). The molecule has 0 bridgehead atoms. The van der Waals surface area contributed by atoms with E-state index in [1.807, 2.05) is 0 Å². The molecule has 0 aliphatic carbocycles. The number of esters is 1. The van der Waals surface area contributed by atoms with Crippen LogP contribution in [0.4, 0.5) is 0 Å². The third-order valence-electron chi connectivity index (χ3n) is 2.30. The van der Waals surface area contributed by atoms with Crippen molar-refractivity contribution in [2.24, 2.45) is 0 Å². The number of halogens is 2. The van der Waals surface area contributed by atoms with Gasteiger partial charge in [0.2, 0.25) is 5.43 Å². The van der Waals surface area contributed by atoms with E-state index in [2.05, 4.69) is 31.9 Å². The third kappa shape index (κ3) is 3.52. The van der Waals surface area contributed by atoms with Gasteiger partial charge in [0.1, 0.15) is 0 Å². The van der Waals surface area contributed by atoms with Gasteiger partial charge in [0, 0.05) is 4.47 Å². The van der Waals surface area contributed by atoms with Crippen LogP contribution in [0.5, 0.6) is 5.75 Å². The minimum Gasteiger partial charge on any atom is -0.418 e. The zero-order valence-corrected chi connectivity index (χ0v) is 12.8. The van der Waals surface area contributed by atoms with Crippen LogP contribution in [0.15, 0.2) is 62.3 Å². The van der Waals surface area contributed by atoms with Crippen molar-refractivity contribution in [3.05, 3.63) is 73.3 Å². The summed E-state index contributed by atoms with van der Waals surface area (Å²) in [7, 11) is 0. The van der Waals surface area contributed by atoms with Gasteiger partial charge in [-0.15, -0.1) is 0 Å². The molecule has 5 heteroatoms. The monoisotopic (exact) mass is 382 g/mol. The molecule has 96 valence electrons. The van der Waals surface area contributed by atoms with Crippen LogP contribution in [0.25, 0.3) is 0 Å². The minimum atomic E-state index is -0.569. The van der Waals surface area contributed by atoms with Gasteiger partial charge in [-0.3, -0.25) is 4.79 Å². The molecule has 3 nitrogen and oxygen atoms in total. The van der Waals surface area contributed by atoms with Gasteiger partial charge in [0.05, 0.1) is 10.0 Å². The van der Waals surface area contributed by atoms with E-state index in [4.69, 9.17) is 4.74 Å². The van der Waals surface area contributed by atoms with Crippen molar-refractivity contribution in [1.82, 2.24) is 0 Å². The first-order valence-corrected chi connectivity index (χ1v) is 6.93. The zero-order chi connectivity index (χ0) is 13.8. The second-order valence-electron chi connectivity index (χ2n) is 3.66. The fourth-order valence-electron chi connectivity index (χ4n) is 1.41. The second kappa shape index (κ2) is 6.12. The number of hydrogen-bond acceptors (Lipinski definition) is 3. The Morgan fingerprint density at radius 1 is 1.00 bits per heavy atom. The first-order valence-electron chi connectivity index (χ1n) is 5.34. The van der Waals surface area contributed by atoms with Gasteiger partial charge in [-0.25, -0.2) is 4.79 Å². The van der Waals surface area contributed by atoms with Crippen LogP contribution in [-0.2, 0) is 0 Å². The maximum Gasteiger partial charge on any atom is 0.343 e. The van der Waals surface area contributed by atoms with Crippen molar-refractivity contribution >= 4 is 37.8 Å². The van der Waals surface area contributed by atoms with Crippen LogP contribution in [0, 0.1) is 0 Å². The molecular weight excluding hydrogens is 376 g/mol. The predicted octanol–water partition coefficient (Wildman–Crippen LogP) is 3.79. The molecule has 0 fully saturated rings. The van der Waals surface area contributed by atoms with E-state index < -0.39 is 5.97 Å². The Labute approximate surface area is 126 Å². The average molecular weight is 384 g/mol. The lowest BCUT2D eigenvalue weighted by Gasteiger charge is -2.03. The Bertz CT molecular complexity index is 669. The second-order valence-corrected chi connectivity index (χ2v) is 5.43. The Balaban J connectivity index is 2.38. The third-order valence-corrected chi connectivity index (χ3v) is 3.39. The van der Waals surface area contributed by atoms with Crippen LogP contribution in [0.2, 0.25) is 0 Å². The molecular formula is C14H8Br2O3. The lowest BCUT2D eigenvalue weighted by Crippen LogP contribution is -2.13. The Hall–Kier alpha value is -1.46. The summed E-state index contributed by atoms with van der Waals surface area (Å²) < 4.78 is 6.28. The highest BCUT2D eigenvalue weighted by Gasteiger charge is 2.12. The van der Waals surface area contributed by atoms with Crippen LogP contribution >= 0.6 is 31.9 Å². The van der Waals surface area contributed by atoms with E-state index >= 15 is 0 Å². The van der Waals surface area contributed by atoms with Gasteiger partial charge >= 0.3 is 5.97 Å². The number of rotatable bonds is 2. The molecule has 0 aliphatic heterocycles. The van der Waals surface area contributed by atoms with Gasteiger partial charge in [-0.05, 0) is 46.3 Å². The van der Waals surface area contributed by atoms with Crippen molar-refractivity contribution < 1.29 is 9.53 Å². The SMILES string of the molecule is O=C(Oc1c(Br)cc(Br)ccc1=O)c1ccccc1. The normalized spacial score (nSPS) is 10.0. The maximum absolute atomic E-state index is 11.9. The number of carbonyl (C=O) groups is 1. The highest BCUT2D eigenvalue weighted by atomic mass is 79.9. The number of hydrogen-bond donors (Lipinski definition) is 0. The van der Waals surface area contributed by atoms with E-state index in [-0.39, 0.29) is 11.2 Å². The summed E-state index contributed by atoms with van der Waals surface area (Å²) in [5.74, 6) is -0.597. The van der Waals surface area contributed by atoms with Crippen LogP contribution in [0.1, 0.15) is 10.4 Å². The predicted molar refractivity (Wildman–Crippen MR) is 79.5 cm³/mol.